The number of amides is 2. The van der Waals surface area contributed by atoms with Crippen LogP contribution in [0.2, 0.25) is 0 Å². The van der Waals surface area contributed by atoms with Crippen LogP contribution in [0.25, 0.3) is 0 Å². The van der Waals surface area contributed by atoms with Gasteiger partial charge < -0.3 is 10.4 Å². The van der Waals surface area contributed by atoms with E-state index >= 15 is 0 Å². The van der Waals surface area contributed by atoms with Gasteiger partial charge in [0, 0.05) is 0 Å². The Hall–Kier alpha value is -2.08. The number of hydrogen-bond donors (Lipinski definition) is 4. The van der Waals surface area contributed by atoms with Crippen LogP contribution in [-0.2, 0) is 9.59 Å². The van der Waals surface area contributed by atoms with Gasteiger partial charge in [-0.15, -0.1) is 0 Å². The number of aryl methyl sites for hydroxylation is 1. The van der Waals surface area contributed by atoms with Crippen molar-refractivity contribution in [3.8, 4) is 5.75 Å². The lowest BCUT2D eigenvalue weighted by Crippen LogP contribution is -2.39. The van der Waals surface area contributed by atoms with Crippen LogP contribution in [0.1, 0.15) is 12.0 Å². The predicted molar refractivity (Wildman–Crippen MR) is 61.2 cm³/mol. The van der Waals surface area contributed by atoms with Crippen molar-refractivity contribution < 1.29 is 14.7 Å². The molecule has 0 spiro atoms. The van der Waals surface area contributed by atoms with Gasteiger partial charge in [0.05, 0.1) is 12.1 Å². The summed E-state index contributed by atoms with van der Waals surface area (Å²) in [6.07, 6.45) is 0.0957. The molecular formula is C11H13N3O3. The number of hydrazine groups is 1. The fourth-order valence-corrected chi connectivity index (χ4v) is 1.58. The highest BCUT2D eigenvalue weighted by Crippen LogP contribution is 2.24. The predicted octanol–water partition coefficient (Wildman–Crippen LogP) is 0.0322. The summed E-state index contributed by atoms with van der Waals surface area (Å²) in [5, 5.41) is 12.2. The Bertz CT molecular complexity index is 473. The minimum absolute atomic E-state index is 0.00985. The van der Waals surface area contributed by atoms with Crippen LogP contribution in [0.3, 0.4) is 0 Å². The molecule has 2 amide bonds. The summed E-state index contributed by atoms with van der Waals surface area (Å²) < 4.78 is 0. The average molecular weight is 235 g/mol. The molecule has 90 valence electrons. The summed E-state index contributed by atoms with van der Waals surface area (Å²) >= 11 is 0. The number of nitrogens with one attached hydrogen (secondary N) is 3. The van der Waals surface area contributed by atoms with Crippen LogP contribution in [0.15, 0.2) is 18.2 Å². The van der Waals surface area contributed by atoms with Crippen molar-refractivity contribution in [2.45, 2.75) is 19.4 Å². The van der Waals surface area contributed by atoms with Crippen molar-refractivity contribution in [2.75, 3.05) is 5.32 Å². The third kappa shape index (κ3) is 2.54. The Morgan fingerprint density at radius 2 is 2.29 bits per heavy atom. The molecule has 1 atom stereocenters. The highest BCUT2D eigenvalue weighted by molar-refractivity contribution is 5.99. The molecule has 6 nitrogen and oxygen atoms in total. The molecule has 1 aromatic rings. The number of anilines is 1. The van der Waals surface area contributed by atoms with E-state index in [1.54, 1.807) is 18.2 Å². The summed E-state index contributed by atoms with van der Waals surface area (Å²) in [7, 11) is 0. The lowest BCUT2D eigenvalue weighted by atomic mass is 10.2. The van der Waals surface area contributed by atoms with Gasteiger partial charge in [0.1, 0.15) is 11.8 Å². The topological polar surface area (TPSA) is 90.5 Å². The monoisotopic (exact) mass is 235 g/mol. The number of phenols is 1. The molecule has 0 saturated carbocycles. The number of phenolic OH excluding ortho intramolecular Hbond substituents is 1. The molecule has 0 aromatic heterocycles. The number of rotatable bonds is 2. The smallest absolute Gasteiger partial charge is 0.243 e. The Labute approximate surface area is 98.0 Å². The minimum atomic E-state index is -0.608. The third-order valence-electron chi connectivity index (χ3n) is 2.50. The second-order valence-corrected chi connectivity index (χ2v) is 3.96. The SMILES string of the molecule is Cc1ccc(NC(=O)C2CC(=O)NN2)c(O)c1. The molecule has 2 rings (SSSR count). The number of carbonyl (C=O) groups is 2. The van der Waals surface area contributed by atoms with Crippen molar-refractivity contribution in [3.05, 3.63) is 23.8 Å². The van der Waals surface area contributed by atoms with Crippen LogP contribution in [0, 0.1) is 6.92 Å². The van der Waals surface area contributed by atoms with Gasteiger partial charge in [0.2, 0.25) is 11.8 Å². The fraction of sp³-hybridized carbons (Fsp3) is 0.273. The van der Waals surface area contributed by atoms with E-state index in [2.05, 4.69) is 16.2 Å². The first-order valence-corrected chi connectivity index (χ1v) is 5.21. The largest absolute Gasteiger partial charge is 0.506 e. The van der Waals surface area contributed by atoms with Crippen LogP contribution < -0.4 is 16.2 Å². The Kier molecular flexibility index (Phi) is 2.97. The zero-order valence-electron chi connectivity index (χ0n) is 9.28. The summed E-state index contributed by atoms with van der Waals surface area (Å²) in [4.78, 5) is 22.6. The second kappa shape index (κ2) is 4.42. The molecule has 17 heavy (non-hydrogen) atoms. The van der Waals surface area contributed by atoms with Gasteiger partial charge >= 0.3 is 0 Å². The summed E-state index contributed by atoms with van der Waals surface area (Å²) in [6.45, 7) is 1.84. The molecule has 1 unspecified atom stereocenters. The molecule has 1 heterocycles. The molecule has 1 aliphatic rings. The lowest BCUT2D eigenvalue weighted by Gasteiger charge is -2.11. The van der Waals surface area contributed by atoms with Crippen molar-refractivity contribution in [2.24, 2.45) is 0 Å². The maximum atomic E-state index is 11.7. The molecule has 1 aromatic carbocycles. The summed E-state index contributed by atoms with van der Waals surface area (Å²) in [5.74, 6) is -0.573. The first-order valence-electron chi connectivity index (χ1n) is 5.21. The first-order chi connectivity index (χ1) is 8.06. The van der Waals surface area contributed by atoms with E-state index in [1.165, 1.54) is 0 Å². The van der Waals surface area contributed by atoms with Crippen molar-refractivity contribution in [3.63, 3.8) is 0 Å². The van der Waals surface area contributed by atoms with E-state index in [9.17, 15) is 14.7 Å². The zero-order valence-corrected chi connectivity index (χ0v) is 9.28. The molecule has 6 heteroatoms. The van der Waals surface area contributed by atoms with E-state index in [4.69, 9.17) is 0 Å². The molecule has 1 saturated heterocycles. The van der Waals surface area contributed by atoms with Gasteiger partial charge in [0.15, 0.2) is 0 Å². The van der Waals surface area contributed by atoms with Gasteiger partial charge in [-0.2, -0.15) is 0 Å². The molecule has 1 aliphatic heterocycles. The van der Waals surface area contributed by atoms with Gasteiger partial charge in [-0.1, -0.05) is 6.07 Å². The normalized spacial score (nSPS) is 18.9. The van der Waals surface area contributed by atoms with E-state index in [0.717, 1.165) is 5.56 Å². The Morgan fingerprint density at radius 1 is 1.53 bits per heavy atom. The molecule has 0 radical (unpaired) electrons. The number of aromatic hydroxyl groups is 1. The maximum absolute atomic E-state index is 11.7. The molecule has 1 fully saturated rings. The summed E-state index contributed by atoms with van der Waals surface area (Å²) in [5.41, 5.74) is 6.15. The van der Waals surface area contributed by atoms with Gasteiger partial charge in [0.25, 0.3) is 0 Å². The van der Waals surface area contributed by atoms with Crippen LogP contribution in [0.4, 0.5) is 5.69 Å². The van der Waals surface area contributed by atoms with E-state index in [1.807, 2.05) is 6.92 Å². The standard InChI is InChI=1S/C11H13N3O3/c1-6-2-3-7(9(15)4-6)12-11(17)8-5-10(16)14-13-8/h2-4,8,13,15H,5H2,1H3,(H,12,17)(H,14,16). The van der Waals surface area contributed by atoms with Crippen molar-refractivity contribution >= 4 is 17.5 Å². The third-order valence-corrected chi connectivity index (χ3v) is 2.50. The summed E-state index contributed by atoms with van der Waals surface area (Å²) in [6, 6.07) is 4.34. The van der Waals surface area contributed by atoms with E-state index in [-0.39, 0.29) is 24.0 Å². The highest BCUT2D eigenvalue weighted by atomic mass is 16.3. The highest BCUT2D eigenvalue weighted by Gasteiger charge is 2.27. The Balaban J connectivity index is 2.05. The number of carbonyl (C=O) groups excluding carboxylic acids is 2. The quantitative estimate of drug-likeness (QED) is 0.544. The lowest BCUT2D eigenvalue weighted by molar-refractivity contribution is -0.121. The van der Waals surface area contributed by atoms with Gasteiger partial charge in [-0.25, -0.2) is 5.43 Å². The molecule has 4 N–H and O–H groups in total. The van der Waals surface area contributed by atoms with Crippen LogP contribution in [-0.4, -0.2) is 23.0 Å². The molecular weight excluding hydrogens is 222 g/mol. The first kappa shape index (κ1) is 11.4. The molecule has 0 bridgehead atoms. The second-order valence-electron chi connectivity index (χ2n) is 3.96. The number of benzene rings is 1. The molecule has 0 aliphatic carbocycles. The van der Waals surface area contributed by atoms with Gasteiger partial charge in [-0.05, 0) is 24.6 Å². The Morgan fingerprint density at radius 3 is 2.88 bits per heavy atom. The van der Waals surface area contributed by atoms with Crippen LogP contribution in [0.5, 0.6) is 5.75 Å². The van der Waals surface area contributed by atoms with Crippen molar-refractivity contribution in [1.29, 1.82) is 0 Å². The zero-order chi connectivity index (χ0) is 12.4. The minimum Gasteiger partial charge on any atom is -0.506 e. The number of hydrogen-bond acceptors (Lipinski definition) is 4. The average Bonchev–Trinajstić information content (AvgIpc) is 2.69. The van der Waals surface area contributed by atoms with Gasteiger partial charge in [-0.3, -0.25) is 15.0 Å². The van der Waals surface area contributed by atoms with Crippen LogP contribution >= 0.6 is 0 Å². The van der Waals surface area contributed by atoms with E-state index < -0.39 is 6.04 Å². The van der Waals surface area contributed by atoms with Crippen molar-refractivity contribution in [1.82, 2.24) is 10.9 Å². The van der Waals surface area contributed by atoms with E-state index in [0.29, 0.717) is 5.69 Å². The fourth-order valence-electron chi connectivity index (χ4n) is 1.58. The maximum Gasteiger partial charge on any atom is 0.243 e.